The molecule has 0 spiro atoms. The number of aromatic nitrogens is 2. The second-order valence-corrected chi connectivity index (χ2v) is 10.5. The summed E-state index contributed by atoms with van der Waals surface area (Å²) in [5, 5.41) is 14.5. The van der Waals surface area contributed by atoms with Crippen molar-refractivity contribution in [3.8, 4) is 10.4 Å². The fraction of sp³-hybridized carbons (Fsp3) is 0.583. The van der Waals surface area contributed by atoms with Gasteiger partial charge in [-0.3, -0.25) is 9.59 Å². The SMILES string of the molecule is CCC(Nc1cc(C(F)F)c(-c2sc(C(=O)N[C@@H]3COC[C@H]3O)nc2C(=O)N2CCC[C@@H]2C)cn1)C(F)(F)F. The van der Waals surface area contributed by atoms with E-state index in [9.17, 15) is 36.6 Å². The zero-order chi connectivity index (χ0) is 28.5. The van der Waals surface area contributed by atoms with Crippen molar-refractivity contribution in [2.75, 3.05) is 25.1 Å². The second-order valence-electron chi connectivity index (χ2n) is 9.48. The number of thiazole rings is 1. The van der Waals surface area contributed by atoms with E-state index in [0.717, 1.165) is 25.1 Å². The van der Waals surface area contributed by atoms with Crippen LogP contribution in [0, 0.1) is 0 Å². The standard InChI is InChI=1S/C24H28F5N5O4S/c1-3-16(24(27,28)29)32-17-7-12(20(25)26)13(8-30-17)19-18(23(37)34-6-4-5-11(34)2)33-22(39-19)21(36)31-14-9-38-10-15(14)35/h7-8,11,14-16,20,35H,3-6,9-10H2,1-2H3,(H,30,32)(H,31,36)/t11-,14+,15+,16?/m0/s1. The molecule has 0 aliphatic carbocycles. The molecule has 39 heavy (non-hydrogen) atoms. The van der Waals surface area contributed by atoms with Crippen LogP contribution in [0.5, 0.6) is 0 Å². The summed E-state index contributed by atoms with van der Waals surface area (Å²) in [5.41, 5.74) is -1.11. The minimum Gasteiger partial charge on any atom is -0.388 e. The highest BCUT2D eigenvalue weighted by Crippen LogP contribution is 2.39. The Kier molecular flexibility index (Phi) is 8.71. The third kappa shape index (κ3) is 6.30. The lowest BCUT2D eigenvalue weighted by Crippen LogP contribution is -2.42. The lowest BCUT2D eigenvalue weighted by atomic mass is 10.1. The van der Waals surface area contributed by atoms with Gasteiger partial charge >= 0.3 is 6.18 Å². The number of aliphatic hydroxyl groups is 1. The summed E-state index contributed by atoms with van der Waals surface area (Å²) in [4.78, 5) is 36.0. The summed E-state index contributed by atoms with van der Waals surface area (Å²) in [5.74, 6) is -1.69. The Hall–Kier alpha value is -2.91. The average molecular weight is 578 g/mol. The van der Waals surface area contributed by atoms with E-state index in [1.54, 1.807) is 0 Å². The lowest BCUT2D eigenvalue weighted by molar-refractivity contribution is -0.142. The van der Waals surface area contributed by atoms with Crippen LogP contribution < -0.4 is 10.6 Å². The number of aliphatic hydroxyl groups excluding tert-OH is 1. The number of halogens is 5. The van der Waals surface area contributed by atoms with Crippen molar-refractivity contribution in [2.45, 2.75) is 69.9 Å². The van der Waals surface area contributed by atoms with E-state index in [2.05, 4.69) is 20.6 Å². The Morgan fingerprint density at radius 1 is 1.31 bits per heavy atom. The van der Waals surface area contributed by atoms with E-state index >= 15 is 0 Å². The molecule has 2 aliphatic heterocycles. The second kappa shape index (κ2) is 11.7. The summed E-state index contributed by atoms with van der Waals surface area (Å²) in [7, 11) is 0. The smallest absolute Gasteiger partial charge is 0.388 e. The van der Waals surface area contributed by atoms with Gasteiger partial charge in [-0.2, -0.15) is 13.2 Å². The first-order chi connectivity index (χ1) is 18.4. The first kappa shape index (κ1) is 29.1. The maximum Gasteiger partial charge on any atom is 0.408 e. The van der Waals surface area contributed by atoms with Gasteiger partial charge in [-0.05, 0) is 32.3 Å². The van der Waals surface area contributed by atoms with Crippen LogP contribution in [0.2, 0.25) is 0 Å². The number of pyridine rings is 1. The van der Waals surface area contributed by atoms with Crippen molar-refractivity contribution in [2.24, 2.45) is 0 Å². The maximum atomic E-state index is 14.2. The highest BCUT2D eigenvalue weighted by atomic mass is 32.1. The number of amides is 2. The number of nitrogens with one attached hydrogen (secondary N) is 2. The van der Waals surface area contributed by atoms with Gasteiger partial charge in [0.25, 0.3) is 18.2 Å². The van der Waals surface area contributed by atoms with Crippen LogP contribution in [-0.4, -0.2) is 82.0 Å². The number of alkyl halides is 5. The maximum absolute atomic E-state index is 14.2. The molecule has 2 aliphatic rings. The van der Waals surface area contributed by atoms with Gasteiger partial charge in [0.15, 0.2) is 5.01 Å². The Morgan fingerprint density at radius 2 is 2.05 bits per heavy atom. The largest absolute Gasteiger partial charge is 0.408 e. The number of rotatable bonds is 8. The highest BCUT2D eigenvalue weighted by Gasteiger charge is 2.39. The number of ether oxygens (including phenoxy) is 1. The van der Waals surface area contributed by atoms with Gasteiger partial charge < -0.3 is 25.4 Å². The molecule has 4 rings (SSSR count). The summed E-state index contributed by atoms with van der Waals surface area (Å²) in [6.45, 7) is 3.64. The van der Waals surface area contributed by atoms with E-state index in [0.29, 0.717) is 17.9 Å². The number of anilines is 1. The molecule has 2 fully saturated rings. The molecule has 0 bridgehead atoms. The average Bonchev–Trinajstić information content (AvgIpc) is 3.61. The number of hydrogen-bond donors (Lipinski definition) is 3. The molecule has 2 amide bonds. The van der Waals surface area contributed by atoms with Crippen molar-refractivity contribution >= 4 is 29.0 Å². The molecule has 2 aromatic rings. The van der Waals surface area contributed by atoms with E-state index in [4.69, 9.17) is 4.74 Å². The molecule has 1 unspecified atom stereocenters. The molecule has 2 aromatic heterocycles. The first-order valence-electron chi connectivity index (χ1n) is 12.4. The number of nitrogens with zero attached hydrogens (tertiary/aromatic N) is 3. The molecule has 9 nitrogen and oxygen atoms in total. The summed E-state index contributed by atoms with van der Waals surface area (Å²) < 4.78 is 73.2. The predicted molar refractivity (Wildman–Crippen MR) is 132 cm³/mol. The predicted octanol–water partition coefficient (Wildman–Crippen LogP) is 4.01. The van der Waals surface area contributed by atoms with E-state index in [1.165, 1.54) is 11.8 Å². The Bertz CT molecular complexity index is 1210. The van der Waals surface area contributed by atoms with Crippen LogP contribution in [0.25, 0.3) is 10.4 Å². The van der Waals surface area contributed by atoms with E-state index < -0.39 is 54.0 Å². The van der Waals surface area contributed by atoms with Gasteiger partial charge in [0.1, 0.15) is 17.6 Å². The normalized spacial score (nSPS) is 22.4. The molecule has 3 N–H and O–H groups in total. The zero-order valence-corrected chi connectivity index (χ0v) is 21.9. The molecule has 0 radical (unpaired) electrons. The van der Waals surface area contributed by atoms with Gasteiger partial charge in [-0.1, -0.05) is 6.92 Å². The monoisotopic (exact) mass is 577 g/mol. The van der Waals surface area contributed by atoms with Crippen LogP contribution in [0.4, 0.5) is 27.8 Å². The van der Waals surface area contributed by atoms with Crippen molar-refractivity contribution in [1.29, 1.82) is 0 Å². The van der Waals surface area contributed by atoms with Crippen LogP contribution in [-0.2, 0) is 4.74 Å². The van der Waals surface area contributed by atoms with Gasteiger partial charge in [0, 0.05) is 29.9 Å². The Balaban J connectivity index is 1.74. The van der Waals surface area contributed by atoms with E-state index in [1.807, 2.05) is 6.92 Å². The fourth-order valence-electron chi connectivity index (χ4n) is 4.54. The Morgan fingerprint density at radius 3 is 2.62 bits per heavy atom. The van der Waals surface area contributed by atoms with Gasteiger partial charge in [-0.25, -0.2) is 18.7 Å². The number of likely N-dealkylation sites (tertiary alicyclic amines) is 1. The summed E-state index contributed by atoms with van der Waals surface area (Å²) in [6.07, 6.45) is -6.61. The quantitative estimate of drug-likeness (QED) is 0.406. The van der Waals surface area contributed by atoms with Crippen molar-refractivity contribution in [3.05, 3.63) is 28.5 Å². The number of carbonyl (C=O) groups excluding carboxylic acids is 2. The van der Waals surface area contributed by atoms with Gasteiger partial charge in [-0.15, -0.1) is 11.3 Å². The Labute approximate surface area is 224 Å². The van der Waals surface area contributed by atoms with Gasteiger partial charge in [0.05, 0.1) is 30.2 Å². The minimum absolute atomic E-state index is 0.0294. The highest BCUT2D eigenvalue weighted by molar-refractivity contribution is 7.17. The van der Waals surface area contributed by atoms with Crippen molar-refractivity contribution in [3.63, 3.8) is 0 Å². The van der Waals surface area contributed by atoms with Crippen molar-refractivity contribution < 1.29 is 41.4 Å². The summed E-state index contributed by atoms with van der Waals surface area (Å²) in [6, 6.07) is -2.04. The first-order valence-corrected chi connectivity index (χ1v) is 13.2. The fourth-order valence-corrected chi connectivity index (χ4v) is 5.53. The van der Waals surface area contributed by atoms with Crippen molar-refractivity contribution in [1.82, 2.24) is 20.2 Å². The molecule has 214 valence electrons. The van der Waals surface area contributed by atoms with Gasteiger partial charge in [0.2, 0.25) is 0 Å². The molecule has 0 aromatic carbocycles. The molecule has 0 saturated carbocycles. The molecular weight excluding hydrogens is 549 g/mol. The van der Waals surface area contributed by atoms with Crippen LogP contribution in [0.3, 0.4) is 0 Å². The number of carbonyl (C=O) groups is 2. The molecule has 15 heteroatoms. The van der Waals surface area contributed by atoms with Crippen LogP contribution in [0.1, 0.15) is 65.4 Å². The minimum atomic E-state index is -4.62. The lowest BCUT2D eigenvalue weighted by Gasteiger charge is -2.22. The van der Waals surface area contributed by atoms with Crippen LogP contribution >= 0.6 is 11.3 Å². The molecule has 2 saturated heterocycles. The third-order valence-corrected chi connectivity index (χ3v) is 7.83. The van der Waals surface area contributed by atoms with Crippen LogP contribution in [0.15, 0.2) is 12.3 Å². The zero-order valence-electron chi connectivity index (χ0n) is 21.1. The van der Waals surface area contributed by atoms with E-state index in [-0.39, 0.29) is 46.8 Å². The molecular formula is C24H28F5N5O4S. The topological polar surface area (TPSA) is 117 Å². The summed E-state index contributed by atoms with van der Waals surface area (Å²) >= 11 is 0.687. The third-order valence-electron chi connectivity index (χ3n) is 6.75. The molecule has 4 atom stereocenters. The number of hydrogen-bond acceptors (Lipinski definition) is 8. The molecule has 4 heterocycles.